The second-order valence-electron chi connectivity index (χ2n) is 18.3. The molecule has 8 aromatic carbocycles. The third-order valence-electron chi connectivity index (χ3n) is 14.2. The highest BCUT2D eigenvalue weighted by molar-refractivity contribution is 6.30. The van der Waals surface area contributed by atoms with Gasteiger partial charge in [0.2, 0.25) is 0 Å². The zero-order valence-corrected chi connectivity index (χ0v) is 36.9. The Balaban J connectivity index is 1.35. The third kappa shape index (κ3) is 6.42. The molecule has 0 radical (unpaired) electrons. The van der Waals surface area contributed by atoms with Crippen molar-refractivity contribution in [1.29, 1.82) is 0 Å². The summed E-state index contributed by atoms with van der Waals surface area (Å²) in [5, 5.41) is 5.89. The van der Waals surface area contributed by atoms with E-state index in [1.165, 1.54) is 17.5 Å². The normalized spacial score (nSPS) is 15.2. The molecule has 4 heterocycles. The highest BCUT2D eigenvalue weighted by atomic mass is 16.2. The van der Waals surface area contributed by atoms with Crippen LogP contribution in [0.15, 0.2) is 133 Å². The van der Waals surface area contributed by atoms with Gasteiger partial charge >= 0.3 is 0 Å². The number of benzene rings is 8. The number of hydrogen-bond donors (Lipinski definition) is 0. The van der Waals surface area contributed by atoms with Gasteiger partial charge in [-0.1, -0.05) is 141 Å². The molecule has 1 saturated carbocycles. The van der Waals surface area contributed by atoms with Gasteiger partial charge in [0.1, 0.15) is 0 Å². The molecule has 0 atom stereocenters. The fraction of sp³-hybridized carbons (Fsp3) is 0.241. The first-order valence-electron chi connectivity index (χ1n) is 22.4. The van der Waals surface area contributed by atoms with E-state index < -0.39 is 0 Å². The van der Waals surface area contributed by atoms with Crippen molar-refractivity contribution in [1.82, 2.24) is 0 Å². The van der Waals surface area contributed by atoms with Crippen molar-refractivity contribution in [3.8, 4) is 0 Å². The van der Waals surface area contributed by atoms with Crippen LogP contribution >= 0.6 is 0 Å². The highest BCUT2D eigenvalue weighted by Gasteiger charge is 2.38. The molecule has 4 heteroatoms. The van der Waals surface area contributed by atoms with Crippen LogP contribution in [0.2, 0.25) is 0 Å². The maximum atomic E-state index is 15.8. The summed E-state index contributed by atoms with van der Waals surface area (Å²) in [4.78, 5) is 35.7. The number of rotatable bonds is 4. The molecule has 0 N–H and O–H groups in total. The number of amides is 2. The van der Waals surface area contributed by atoms with Gasteiger partial charge in [-0.2, -0.15) is 0 Å². The Morgan fingerprint density at radius 2 is 0.839 bits per heavy atom. The zero-order chi connectivity index (χ0) is 42.9. The molecule has 1 aliphatic carbocycles. The molecule has 0 unspecified atom stereocenters. The average Bonchev–Trinajstić information content (AvgIpc) is 3.27. The van der Waals surface area contributed by atoms with E-state index in [9.17, 15) is 0 Å². The van der Waals surface area contributed by atoms with E-state index in [1.807, 2.05) is 21.9 Å². The minimum Gasteiger partial charge on any atom is -0.303 e. The second-order valence-corrected chi connectivity index (χ2v) is 18.3. The van der Waals surface area contributed by atoms with Crippen molar-refractivity contribution >= 4 is 55.5 Å². The smallest absolute Gasteiger partial charge is 0.259 e. The Kier molecular flexibility index (Phi) is 9.86. The summed E-state index contributed by atoms with van der Waals surface area (Å²) in [6, 6.07) is 47.0. The molecule has 8 aromatic rings. The lowest BCUT2D eigenvalue weighted by Crippen LogP contribution is -2.35. The van der Waals surface area contributed by atoms with Crippen LogP contribution in [-0.4, -0.2) is 11.8 Å². The van der Waals surface area contributed by atoms with Gasteiger partial charge in [0.05, 0.1) is 24.5 Å². The molecule has 0 aromatic heterocycles. The van der Waals surface area contributed by atoms with Crippen LogP contribution in [0.1, 0.15) is 108 Å². The fourth-order valence-electron chi connectivity index (χ4n) is 11.4. The summed E-state index contributed by atoms with van der Waals surface area (Å²) < 4.78 is 0. The van der Waals surface area contributed by atoms with Crippen LogP contribution in [0.25, 0.3) is 32.3 Å². The lowest BCUT2D eigenvalue weighted by atomic mass is 9.64. The molecule has 4 nitrogen and oxygen atoms in total. The van der Waals surface area contributed by atoms with Crippen LogP contribution in [-0.2, 0) is 18.5 Å². The van der Waals surface area contributed by atoms with Crippen LogP contribution < -0.4 is 9.80 Å². The molecule has 5 aliphatic rings. The first kappa shape index (κ1) is 39.6. The maximum Gasteiger partial charge on any atom is 0.259 e. The zero-order valence-electron chi connectivity index (χ0n) is 36.9. The van der Waals surface area contributed by atoms with E-state index in [2.05, 4.69) is 163 Å². The predicted molar refractivity (Wildman–Crippen MR) is 258 cm³/mol. The molecule has 0 saturated heterocycles. The van der Waals surface area contributed by atoms with Gasteiger partial charge in [-0.15, -0.1) is 0 Å². The molecule has 13 rings (SSSR count). The van der Waals surface area contributed by atoms with Crippen LogP contribution in [0.3, 0.4) is 0 Å². The Morgan fingerprint density at radius 1 is 0.435 bits per heavy atom. The van der Waals surface area contributed by atoms with Crippen molar-refractivity contribution < 1.29 is 9.59 Å². The van der Waals surface area contributed by atoms with Gasteiger partial charge in [0, 0.05) is 16.5 Å². The van der Waals surface area contributed by atoms with Gasteiger partial charge < -0.3 is 9.80 Å². The number of anilines is 2. The lowest BCUT2D eigenvalue weighted by Gasteiger charge is -2.41. The Morgan fingerprint density at radius 3 is 1.24 bits per heavy atom. The van der Waals surface area contributed by atoms with Crippen LogP contribution in [0.4, 0.5) is 11.4 Å². The third-order valence-corrected chi connectivity index (χ3v) is 14.2. The number of carbonyl (C=O) groups excluding carboxylic acids is 2. The molecule has 62 heavy (non-hydrogen) atoms. The van der Waals surface area contributed by atoms with E-state index in [0.717, 1.165) is 114 Å². The summed E-state index contributed by atoms with van der Waals surface area (Å²) in [6.45, 7) is 13.9. The van der Waals surface area contributed by atoms with Gasteiger partial charge in [-0.3, -0.25) is 9.59 Å². The van der Waals surface area contributed by atoms with Crippen molar-refractivity contribution in [2.75, 3.05) is 9.80 Å². The van der Waals surface area contributed by atoms with Gasteiger partial charge in [-0.05, 0) is 154 Å². The molecule has 2 amide bonds. The quantitative estimate of drug-likeness (QED) is 0.166. The van der Waals surface area contributed by atoms with Crippen molar-refractivity contribution in [3.05, 3.63) is 200 Å². The maximum absolute atomic E-state index is 15.8. The van der Waals surface area contributed by atoms with E-state index in [-0.39, 0.29) is 17.2 Å². The topological polar surface area (TPSA) is 40.6 Å². The first-order chi connectivity index (χ1) is 30.0. The Bertz CT molecular complexity index is 2860. The molecule has 4 aliphatic heterocycles. The molecule has 308 valence electrons. The fourth-order valence-corrected chi connectivity index (χ4v) is 11.4. The van der Waals surface area contributed by atoms with Crippen molar-refractivity contribution in [2.24, 2.45) is 0 Å². The standard InChI is InChI=1S/C58H54N2O2/c1-36-18-16-24-47-49-32-44-33-50(48-25-17-19-37(2)52(48)53(44)51(36)47)57(62)60(35-43-22-12-8-13-23-43)55-40(5)30-46(31-41(55)6)58(26-14-9-15-27-58)45-28-38(3)54(39(4)29-45)59(56(49)61)34-42-20-10-7-11-21-42/h7-8,10-13,16-25,28-33H,9,14-15,26-27,34-35H2,1-6H3. The van der Waals surface area contributed by atoms with E-state index >= 15 is 9.59 Å². The van der Waals surface area contributed by atoms with E-state index in [4.69, 9.17) is 0 Å². The number of nitrogens with zero attached hydrogens (tertiary/aromatic N) is 2. The second kappa shape index (κ2) is 15.4. The molecule has 1 spiro atoms. The van der Waals surface area contributed by atoms with E-state index in [1.54, 1.807) is 0 Å². The molecular formula is C58H54N2O2. The van der Waals surface area contributed by atoms with Gasteiger partial charge in [0.25, 0.3) is 11.8 Å². The van der Waals surface area contributed by atoms with E-state index in [0.29, 0.717) is 24.2 Å². The predicted octanol–water partition coefficient (Wildman–Crippen LogP) is 14.3. The minimum absolute atomic E-state index is 0.0524. The highest BCUT2D eigenvalue weighted by Crippen LogP contribution is 2.49. The summed E-state index contributed by atoms with van der Waals surface area (Å²) in [5.74, 6) is -0.105. The van der Waals surface area contributed by atoms with Crippen LogP contribution in [0, 0.1) is 41.5 Å². The monoisotopic (exact) mass is 810 g/mol. The number of carbonyl (C=O) groups is 2. The van der Waals surface area contributed by atoms with Gasteiger partial charge in [-0.25, -0.2) is 0 Å². The van der Waals surface area contributed by atoms with Crippen molar-refractivity contribution in [3.63, 3.8) is 0 Å². The Hall–Kier alpha value is -6.52. The average molecular weight is 811 g/mol. The lowest BCUT2D eigenvalue weighted by molar-refractivity contribution is 0.0979. The SMILES string of the molecule is Cc1cc2cc(C)c1N(Cc1ccccc1)C(=O)c1cc3cc(c4cccc(C)c4c3c3c(C)cccc13)C(=O)N(Cc1ccccc1)c1c(C)cc(cc1C)C21CCCCC1. The summed E-state index contributed by atoms with van der Waals surface area (Å²) in [7, 11) is 0. The molecule has 7 bridgehead atoms. The number of fused-ring (bicyclic) bond motifs is 4. The number of hydrogen-bond acceptors (Lipinski definition) is 2. The van der Waals surface area contributed by atoms with Gasteiger partial charge in [0.15, 0.2) is 0 Å². The van der Waals surface area contributed by atoms with Crippen molar-refractivity contribution in [2.45, 2.75) is 92.2 Å². The molecular weight excluding hydrogens is 757 g/mol. The molecule has 1 fully saturated rings. The summed E-state index contributed by atoms with van der Waals surface area (Å²) >= 11 is 0. The largest absolute Gasteiger partial charge is 0.303 e. The minimum atomic E-state index is -0.199. The Labute approximate surface area is 365 Å². The summed E-state index contributed by atoms with van der Waals surface area (Å²) in [6.07, 6.45) is 5.61. The summed E-state index contributed by atoms with van der Waals surface area (Å²) in [5.41, 5.74) is 14.3. The first-order valence-corrected chi connectivity index (χ1v) is 22.4. The van der Waals surface area contributed by atoms with Crippen LogP contribution in [0.5, 0.6) is 0 Å². The number of aryl methyl sites for hydroxylation is 6.